The molecule has 0 spiro atoms. The molecule has 8 heteroatoms. The zero-order valence-electron chi connectivity index (χ0n) is 11.4. The highest BCUT2D eigenvalue weighted by atomic mass is 32.2. The van der Waals surface area contributed by atoms with Gasteiger partial charge in [-0.15, -0.1) is 0 Å². The van der Waals surface area contributed by atoms with Crippen molar-refractivity contribution in [1.29, 1.82) is 0 Å². The van der Waals surface area contributed by atoms with E-state index in [1.807, 2.05) is 6.26 Å². The fourth-order valence-corrected chi connectivity index (χ4v) is 2.79. The normalized spacial score (nSPS) is 23.1. The lowest BCUT2D eigenvalue weighted by atomic mass is 10.1. The summed E-state index contributed by atoms with van der Waals surface area (Å²) in [5, 5.41) is 14.1. The Balaban J connectivity index is 2.49. The number of nitrogens with two attached hydrogens (primary N) is 1. The van der Waals surface area contributed by atoms with Gasteiger partial charge in [0.05, 0.1) is 5.92 Å². The molecule has 0 aromatic rings. The summed E-state index contributed by atoms with van der Waals surface area (Å²) in [4.78, 5) is 33.8. The first-order valence-corrected chi connectivity index (χ1v) is 7.91. The van der Waals surface area contributed by atoms with Crippen LogP contribution in [-0.2, 0) is 9.59 Å². The van der Waals surface area contributed by atoms with Gasteiger partial charge in [-0.1, -0.05) is 0 Å². The maximum atomic E-state index is 12.1. The molecule has 0 bridgehead atoms. The van der Waals surface area contributed by atoms with Crippen LogP contribution in [0.25, 0.3) is 0 Å². The average molecular weight is 303 g/mol. The molecule has 1 saturated carbocycles. The molecule has 0 aromatic carbocycles. The number of amides is 3. The second-order valence-electron chi connectivity index (χ2n) is 4.90. The summed E-state index contributed by atoms with van der Waals surface area (Å²) in [7, 11) is 0. The second kappa shape index (κ2) is 7.98. The summed E-state index contributed by atoms with van der Waals surface area (Å²) < 4.78 is 0. The zero-order chi connectivity index (χ0) is 15.1. The first-order valence-electron chi connectivity index (χ1n) is 6.52. The fourth-order valence-electron chi connectivity index (χ4n) is 2.31. The molecule has 0 saturated heterocycles. The predicted molar refractivity (Wildman–Crippen MR) is 76.4 cm³/mol. The smallest absolute Gasteiger partial charge is 0.312 e. The number of rotatable bonds is 7. The van der Waals surface area contributed by atoms with Crippen molar-refractivity contribution in [2.24, 2.45) is 11.7 Å². The summed E-state index contributed by atoms with van der Waals surface area (Å²) in [6.45, 7) is 0. The third-order valence-electron chi connectivity index (χ3n) is 3.37. The van der Waals surface area contributed by atoms with Gasteiger partial charge in [-0.2, -0.15) is 11.8 Å². The summed E-state index contributed by atoms with van der Waals surface area (Å²) in [5.74, 6) is -0.792. The Morgan fingerprint density at radius 3 is 2.60 bits per heavy atom. The van der Waals surface area contributed by atoms with Crippen LogP contribution in [0.1, 0.15) is 25.7 Å². The number of thioether (sulfide) groups is 1. The molecule has 3 unspecified atom stereocenters. The monoisotopic (exact) mass is 303 g/mol. The van der Waals surface area contributed by atoms with Crippen LogP contribution >= 0.6 is 11.8 Å². The van der Waals surface area contributed by atoms with Gasteiger partial charge >= 0.3 is 12.0 Å². The maximum Gasteiger partial charge on any atom is 0.312 e. The number of hydrogen-bond donors (Lipinski definition) is 4. The Morgan fingerprint density at radius 2 is 2.10 bits per heavy atom. The number of carboxylic acid groups (broad SMARTS) is 1. The third kappa shape index (κ3) is 5.28. The van der Waals surface area contributed by atoms with Gasteiger partial charge in [0.15, 0.2) is 0 Å². The minimum absolute atomic E-state index is 0.143. The molecule has 3 atom stereocenters. The molecule has 20 heavy (non-hydrogen) atoms. The second-order valence-corrected chi connectivity index (χ2v) is 5.88. The van der Waals surface area contributed by atoms with Crippen molar-refractivity contribution in [3.05, 3.63) is 0 Å². The summed E-state index contributed by atoms with van der Waals surface area (Å²) in [5.41, 5.74) is 5.06. The van der Waals surface area contributed by atoms with Crippen molar-refractivity contribution in [2.75, 3.05) is 12.0 Å². The van der Waals surface area contributed by atoms with Crippen LogP contribution in [0.5, 0.6) is 0 Å². The lowest BCUT2D eigenvalue weighted by Gasteiger charge is -2.20. The van der Waals surface area contributed by atoms with Crippen molar-refractivity contribution < 1.29 is 19.5 Å². The standard InChI is InChI=1S/C12H21N3O4S/c1-20-5-4-9(15-12(13)19)10(16)14-8-3-2-7(6-8)11(17)18/h7-9H,2-6H2,1H3,(H,14,16)(H,17,18)(H3,13,15,19). The molecule has 1 rings (SSSR count). The summed E-state index contributed by atoms with van der Waals surface area (Å²) >= 11 is 1.57. The Morgan fingerprint density at radius 1 is 1.40 bits per heavy atom. The molecule has 114 valence electrons. The summed E-state index contributed by atoms with van der Waals surface area (Å²) in [6, 6.07) is -1.54. The number of carbonyl (C=O) groups is 3. The number of primary amides is 1. The molecule has 3 amide bonds. The van der Waals surface area contributed by atoms with Crippen LogP contribution in [0.2, 0.25) is 0 Å². The fraction of sp³-hybridized carbons (Fsp3) is 0.750. The Bertz CT molecular complexity index is 378. The summed E-state index contributed by atoms with van der Waals surface area (Å²) in [6.07, 6.45) is 4.05. The molecule has 7 nitrogen and oxygen atoms in total. The van der Waals surface area contributed by atoms with Crippen LogP contribution in [0.4, 0.5) is 4.79 Å². The van der Waals surface area contributed by atoms with Gasteiger partial charge in [0.25, 0.3) is 0 Å². The van der Waals surface area contributed by atoms with Gasteiger partial charge in [0, 0.05) is 6.04 Å². The first-order chi connectivity index (χ1) is 9.43. The van der Waals surface area contributed by atoms with E-state index in [0.29, 0.717) is 25.7 Å². The highest BCUT2D eigenvalue weighted by Crippen LogP contribution is 2.25. The number of aliphatic carboxylic acids is 1. The number of carboxylic acids is 1. The number of hydrogen-bond acceptors (Lipinski definition) is 4. The van der Waals surface area contributed by atoms with Crippen LogP contribution in [0, 0.1) is 5.92 Å². The Kier molecular flexibility index (Phi) is 6.63. The average Bonchev–Trinajstić information content (AvgIpc) is 2.82. The first kappa shape index (κ1) is 16.6. The molecule has 0 radical (unpaired) electrons. The lowest BCUT2D eigenvalue weighted by Crippen LogP contribution is -2.50. The van der Waals surface area contributed by atoms with Crippen LogP contribution in [-0.4, -0.2) is 47.1 Å². The predicted octanol–water partition coefficient (Wildman–Crippen LogP) is 0.146. The van der Waals surface area contributed by atoms with Crippen LogP contribution < -0.4 is 16.4 Å². The molecule has 0 aromatic heterocycles. The Labute approximate surface area is 122 Å². The number of nitrogens with one attached hydrogen (secondary N) is 2. The van der Waals surface area contributed by atoms with Crippen molar-refractivity contribution in [1.82, 2.24) is 10.6 Å². The Hall–Kier alpha value is -1.44. The van der Waals surface area contributed by atoms with Crippen molar-refractivity contribution in [3.63, 3.8) is 0 Å². The van der Waals surface area contributed by atoms with Crippen molar-refractivity contribution in [2.45, 2.75) is 37.8 Å². The minimum Gasteiger partial charge on any atom is -0.481 e. The van der Waals surface area contributed by atoms with Gasteiger partial charge in [0.2, 0.25) is 5.91 Å². The van der Waals surface area contributed by atoms with Gasteiger partial charge < -0.3 is 21.5 Å². The topological polar surface area (TPSA) is 122 Å². The lowest BCUT2D eigenvalue weighted by molar-refractivity contribution is -0.141. The van der Waals surface area contributed by atoms with Gasteiger partial charge in [-0.05, 0) is 37.7 Å². The molecule has 1 aliphatic rings. The van der Waals surface area contributed by atoms with E-state index in [1.54, 1.807) is 11.8 Å². The third-order valence-corrected chi connectivity index (χ3v) is 4.02. The van der Waals surface area contributed by atoms with Crippen molar-refractivity contribution >= 4 is 29.7 Å². The molecular formula is C12H21N3O4S. The van der Waals surface area contributed by atoms with E-state index in [9.17, 15) is 14.4 Å². The van der Waals surface area contributed by atoms with E-state index in [1.165, 1.54) is 0 Å². The van der Waals surface area contributed by atoms with Crippen molar-refractivity contribution in [3.8, 4) is 0 Å². The molecule has 0 aliphatic heterocycles. The van der Waals surface area contributed by atoms with E-state index in [2.05, 4.69) is 10.6 Å². The van der Waals surface area contributed by atoms with Crippen LogP contribution in [0.3, 0.4) is 0 Å². The van der Waals surface area contributed by atoms with E-state index < -0.39 is 24.0 Å². The van der Waals surface area contributed by atoms with E-state index in [0.717, 1.165) is 5.75 Å². The van der Waals surface area contributed by atoms with Crippen LogP contribution in [0.15, 0.2) is 0 Å². The molecule has 0 heterocycles. The number of urea groups is 1. The van der Waals surface area contributed by atoms with E-state index in [-0.39, 0.29) is 11.9 Å². The maximum absolute atomic E-state index is 12.1. The highest BCUT2D eigenvalue weighted by molar-refractivity contribution is 7.98. The van der Waals surface area contributed by atoms with Gasteiger partial charge in [0.1, 0.15) is 6.04 Å². The van der Waals surface area contributed by atoms with E-state index >= 15 is 0 Å². The quantitative estimate of drug-likeness (QED) is 0.533. The molecular weight excluding hydrogens is 282 g/mol. The number of carbonyl (C=O) groups excluding carboxylic acids is 2. The minimum atomic E-state index is -0.823. The molecule has 5 N–H and O–H groups in total. The highest BCUT2D eigenvalue weighted by Gasteiger charge is 2.32. The van der Waals surface area contributed by atoms with Gasteiger partial charge in [-0.3, -0.25) is 9.59 Å². The molecule has 1 aliphatic carbocycles. The largest absolute Gasteiger partial charge is 0.481 e. The SMILES string of the molecule is CSCCC(NC(N)=O)C(=O)NC1CCC(C(=O)O)C1. The van der Waals surface area contributed by atoms with E-state index in [4.69, 9.17) is 10.8 Å². The van der Waals surface area contributed by atoms with Gasteiger partial charge in [-0.25, -0.2) is 4.79 Å². The molecule has 1 fully saturated rings. The zero-order valence-corrected chi connectivity index (χ0v) is 12.2.